The Bertz CT molecular complexity index is 332. The molecule has 2 nitrogen and oxygen atoms in total. The first-order chi connectivity index (χ1) is 7.20. The number of hydrogen-bond donors (Lipinski definition) is 2. The van der Waals surface area contributed by atoms with Crippen LogP contribution in [-0.4, -0.2) is 18.6 Å². The molecule has 0 spiro atoms. The van der Waals surface area contributed by atoms with E-state index < -0.39 is 0 Å². The van der Waals surface area contributed by atoms with Crippen LogP contribution in [0.25, 0.3) is 0 Å². The third-order valence-corrected chi connectivity index (χ3v) is 3.03. The van der Waals surface area contributed by atoms with Gasteiger partial charge in [0, 0.05) is 24.2 Å². The van der Waals surface area contributed by atoms with Gasteiger partial charge in [-0.25, -0.2) is 4.39 Å². The molecule has 0 bridgehead atoms. The van der Waals surface area contributed by atoms with Gasteiger partial charge < -0.3 is 10.6 Å². The van der Waals surface area contributed by atoms with Gasteiger partial charge in [0.1, 0.15) is 5.82 Å². The summed E-state index contributed by atoms with van der Waals surface area (Å²) < 4.78 is 13.3. The van der Waals surface area contributed by atoms with Crippen LogP contribution < -0.4 is 10.6 Å². The van der Waals surface area contributed by atoms with Gasteiger partial charge in [-0.05, 0) is 26.0 Å². The van der Waals surface area contributed by atoms with Gasteiger partial charge in [-0.15, -0.1) is 0 Å². The molecule has 15 heavy (non-hydrogen) atoms. The van der Waals surface area contributed by atoms with Gasteiger partial charge in [-0.1, -0.05) is 18.2 Å². The Morgan fingerprint density at radius 1 is 1.47 bits per heavy atom. The molecule has 1 fully saturated rings. The van der Waals surface area contributed by atoms with Crippen molar-refractivity contribution in [1.82, 2.24) is 10.6 Å². The minimum Gasteiger partial charge on any atom is -0.315 e. The van der Waals surface area contributed by atoms with Gasteiger partial charge in [0.15, 0.2) is 0 Å². The quantitative estimate of drug-likeness (QED) is 0.789. The van der Waals surface area contributed by atoms with Crippen LogP contribution in [0.4, 0.5) is 4.39 Å². The Morgan fingerprint density at radius 2 is 2.27 bits per heavy atom. The topological polar surface area (TPSA) is 24.1 Å². The molecule has 0 aromatic heterocycles. The molecule has 1 atom stereocenters. The second kappa shape index (κ2) is 4.29. The average Bonchev–Trinajstić information content (AvgIpc) is 2.65. The van der Waals surface area contributed by atoms with Crippen LogP contribution in [0.15, 0.2) is 24.3 Å². The van der Waals surface area contributed by atoms with Crippen molar-refractivity contribution in [2.75, 3.05) is 13.1 Å². The van der Waals surface area contributed by atoms with E-state index in [-0.39, 0.29) is 11.4 Å². The fourth-order valence-electron chi connectivity index (χ4n) is 1.92. The fourth-order valence-corrected chi connectivity index (χ4v) is 1.92. The lowest BCUT2D eigenvalue weighted by atomic mass is 10.0. The second-order valence-corrected chi connectivity index (χ2v) is 4.43. The molecule has 2 rings (SSSR count). The summed E-state index contributed by atoms with van der Waals surface area (Å²) in [4.78, 5) is 0. The van der Waals surface area contributed by atoms with Crippen LogP contribution in [0, 0.1) is 5.82 Å². The smallest absolute Gasteiger partial charge is 0.127 e. The summed E-state index contributed by atoms with van der Waals surface area (Å²) in [5.74, 6) is -0.125. The van der Waals surface area contributed by atoms with Crippen molar-refractivity contribution in [1.29, 1.82) is 0 Å². The SMILES string of the molecule is CC1(NCc2ccccc2F)CCNC1. The standard InChI is InChI=1S/C12H17FN2/c1-12(6-7-14-9-12)15-8-10-4-2-3-5-11(10)13/h2-5,14-15H,6-9H2,1H3. The highest BCUT2D eigenvalue weighted by Gasteiger charge is 2.27. The number of benzene rings is 1. The van der Waals surface area contributed by atoms with E-state index in [1.54, 1.807) is 6.07 Å². The second-order valence-electron chi connectivity index (χ2n) is 4.43. The van der Waals surface area contributed by atoms with Crippen molar-refractivity contribution in [3.63, 3.8) is 0 Å². The van der Waals surface area contributed by atoms with Crippen molar-refractivity contribution < 1.29 is 4.39 Å². The van der Waals surface area contributed by atoms with Crippen molar-refractivity contribution in [2.45, 2.75) is 25.4 Å². The minimum absolute atomic E-state index is 0.113. The molecule has 1 aromatic rings. The molecule has 1 aromatic carbocycles. The number of nitrogens with one attached hydrogen (secondary N) is 2. The highest BCUT2D eigenvalue weighted by Crippen LogP contribution is 2.15. The summed E-state index contributed by atoms with van der Waals surface area (Å²) in [6.07, 6.45) is 1.10. The predicted octanol–water partition coefficient (Wildman–Crippen LogP) is 1.67. The largest absolute Gasteiger partial charge is 0.315 e. The van der Waals surface area contributed by atoms with Gasteiger partial charge in [-0.3, -0.25) is 0 Å². The molecule has 2 N–H and O–H groups in total. The van der Waals surface area contributed by atoms with Crippen molar-refractivity contribution in [2.24, 2.45) is 0 Å². The van der Waals surface area contributed by atoms with Crippen LogP contribution in [0.5, 0.6) is 0 Å². The summed E-state index contributed by atoms with van der Waals surface area (Å²) in [5, 5.41) is 6.72. The molecule has 0 amide bonds. The van der Waals surface area contributed by atoms with E-state index in [4.69, 9.17) is 0 Å². The van der Waals surface area contributed by atoms with Crippen LogP contribution in [0.1, 0.15) is 18.9 Å². The Balaban J connectivity index is 1.95. The Labute approximate surface area is 89.9 Å². The van der Waals surface area contributed by atoms with Crippen LogP contribution in [-0.2, 0) is 6.54 Å². The lowest BCUT2D eigenvalue weighted by molar-refractivity contribution is 0.382. The summed E-state index contributed by atoms with van der Waals surface area (Å²) in [6, 6.07) is 6.92. The Kier molecular flexibility index (Phi) is 3.03. The maximum absolute atomic E-state index is 13.3. The third kappa shape index (κ3) is 2.55. The van der Waals surface area contributed by atoms with Crippen molar-refractivity contribution in [3.8, 4) is 0 Å². The summed E-state index contributed by atoms with van der Waals surface area (Å²) in [7, 11) is 0. The molecule has 0 saturated carbocycles. The van der Waals surface area contributed by atoms with Gasteiger partial charge in [-0.2, -0.15) is 0 Å². The molecule has 1 unspecified atom stereocenters. The van der Waals surface area contributed by atoms with Gasteiger partial charge >= 0.3 is 0 Å². The maximum atomic E-state index is 13.3. The first-order valence-corrected chi connectivity index (χ1v) is 5.39. The van der Waals surface area contributed by atoms with Crippen LogP contribution in [0.2, 0.25) is 0 Å². The van der Waals surface area contributed by atoms with Gasteiger partial charge in [0.2, 0.25) is 0 Å². The van der Waals surface area contributed by atoms with Crippen molar-refractivity contribution in [3.05, 3.63) is 35.6 Å². The van der Waals surface area contributed by atoms with Crippen LogP contribution in [0.3, 0.4) is 0 Å². The molecule has 1 heterocycles. The van der Waals surface area contributed by atoms with E-state index in [0.29, 0.717) is 6.54 Å². The van der Waals surface area contributed by atoms with E-state index in [2.05, 4.69) is 17.6 Å². The van der Waals surface area contributed by atoms with E-state index in [9.17, 15) is 4.39 Å². The molecule has 1 saturated heterocycles. The lowest BCUT2D eigenvalue weighted by Crippen LogP contribution is -2.43. The van der Waals surface area contributed by atoms with Gasteiger partial charge in [0.05, 0.1) is 0 Å². The zero-order valence-corrected chi connectivity index (χ0v) is 9.02. The molecular formula is C12H17FN2. The zero-order chi connectivity index (χ0) is 10.7. The molecule has 3 heteroatoms. The summed E-state index contributed by atoms with van der Waals surface area (Å²) >= 11 is 0. The first-order valence-electron chi connectivity index (χ1n) is 5.39. The first kappa shape index (κ1) is 10.6. The summed E-state index contributed by atoms with van der Waals surface area (Å²) in [6.45, 7) is 4.78. The predicted molar refractivity (Wildman–Crippen MR) is 59.1 cm³/mol. The van der Waals surface area contributed by atoms with E-state index >= 15 is 0 Å². The molecule has 0 radical (unpaired) electrons. The zero-order valence-electron chi connectivity index (χ0n) is 9.02. The maximum Gasteiger partial charge on any atom is 0.127 e. The van der Waals surface area contributed by atoms with Crippen molar-refractivity contribution >= 4 is 0 Å². The van der Waals surface area contributed by atoms with E-state index in [0.717, 1.165) is 25.1 Å². The molecule has 82 valence electrons. The molecular weight excluding hydrogens is 191 g/mol. The fraction of sp³-hybridized carbons (Fsp3) is 0.500. The lowest BCUT2D eigenvalue weighted by Gasteiger charge is -2.24. The minimum atomic E-state index is -0.125. The Morgan fingerprint density at radius 3 is 2.93 bits per heavy atom. The molecule has 1 aliphatic heterocycles. The number of halogens is 1. The van der Waals surface area contributed by atoms with E-state index in [1.165, 1.54) is 6.07 Å². The third-order valence-electron chi connectivity index (χ3n) is 3.03. The normalized spacial score (nSPS) is 25.7. The number of rotatable bonds is 3. The molecule has 0 aliphatic carbocycles. The van der Waals surface area contributed by atoms with Crippen LogP contribution >= 0.6 is 0 Å². The van der Waals surface area contributed by atoms with E-state index in [1.807, 2.05) is 12.1 Å². The summed E-state index contributed by atoms with van der Waals surface area (Å²) in [5.41, 5.74) is 0.855. The Hall–Kier alpha value is -0.930. The highest BCUT2D eigenvalue weighted by atomic mass is 19.1. The highest BCUT2D eigenvalue weighted by molar-refractivity contribution is 5.17. The average molecular weight is 208 g/mol. The van der Waals surface area contributed by atoms with Gasteiger partial charge in [0.25, 0.3) is 0 Å². The monoisotopic (exact) mass is 208 g/mol. The number of hydrogen-bond acceptors (Lipinski definition) is 2. The molecule has 1 aliphatic rings.